The number of aryl methyl sites for hydroxylation is 1. The highest BCUT2D eigenvalue weighted by atomic mass is 15.3. The van der Waals surface area contributed by atoms with Crippen molar-refractivity contribution >= 4 is 5.69 Å². The highest BCUT2D eigenvalue weighted by Gasteiger charge is 2.06. The molecular weight excluding hydrogens is 178 g/mol. The molecule has 2 rings (SSSR count). The van der Waals surface area contributed by atoms with Crippen LogP contribution in [0.15, 0.2) is 24.7 Å². The molecule has 0 bridgehead atoms. The van der Waals surface area contributed by atoms with Crippen LogP contribution in [0.5, 0.6) is 0 Å². The standard InChI is InChI=1S/C9H13N5/c1-7(9-3-4-10-13-9)12-8-5-11-14(2)6-8/h3-7,12H,1-2H3,(H,10,13). The molecule has 0 radical (unpaired) electrons. The predicted octanol–water partition coefficient (Wildman–Crippen LogP) is 1.32. The molecule has 14 heavy (non-hydrogen) atoms. The van der Waals surface area contributed by atoms with Crippen LogP contribution in [0.4, 0.5) is 5.69 Å². The van der Waals surface area contributed by atoms with Gasteiger partial charge in [0.1, 0.15) is 0 Å². The molecular formula is C9H13N5. The van der Waals surface area contributed by atoms with Crippen LogP contribution in [-0.2, 0) is 7.05 Å². The zero-order chi connectivity index (χ0) is 9.97. The number of hydrogen-bond acceptors (Lipinski definition) is 3. The maximum Gasteiger partial charge on any atom is 0.0731 e. The highest BCUT2D eigenvalue weighted by molar-refractivity contribution is 5.40. The van der Waals surface area contributed by atoms with Gasteiger partial charge in [0.05, 0.1) is 23.6 Å². The summed E-state index contributed by atoms with van der Waals surface area (Å²) in [7, 11) is 1.89. The van der Waals surface area contributed by atoms with Crippen LogP contribution in [0.25, 0.3) is 0 Å². The molecule has 1 atom stereocenters. The summed E-state index contributed by atoms with van der Waals surface area (Å²) in [4.78, 5) is 0. The van der Waals surface area contributed by atoms with Gasteiger partial charge in [-0.3, -0.25) is 9.78 Å². The van der Waals surface area contributed by atoms with E-state index in [1.54, 1.807) is 17.1 Å². The largest absolute Gasteiger partial charge is 0.374 e. The van der Waals surface area contributed by atoms with Gasteiger partial charge in [-0.2, -0.15) is 10.2 Å². The van der Waals surface area contributed by atoms with Crippen molar-refractivity contribution in [3.63, 3.8) is 0 Å². The van der Waals surface area contributed by atoms with Crippen molar-refractivity contribution in [3.05, 3.63) is 30.4 Å². The van der Waals surface area contributed by atoms with E-state index in [9.17, 15) is 0 Å². The first kappa shape index (κ1) is 8.80. The lowest BCUT2D eigenvalue weighted by Crippen LogP contribution is -2.06. The number of H-pyrrole nitrogens is 1. The van der Waals surface area contributed by atoms with Crippen molar-refractivity contribution in [3.8, 4) is 0 Å². The molecule has 5 heteroatoms. The fourth-order valence-corrected chi connectivity index (χ4v) is 1.33. The summed E-state index contributed by atoms with van der Waals surface area (Å²) in [5.41, 5.74) is 2.07. The summed E-state index contributed by atoms with van der Waals surface area (Å²) >= 11 is 0. The van der Waals surface area contributed by atoms with Crippen LogP contribution < -0.4 is 5.32 Å². The van der Waals surface area contributed by atoms with Gasteiger partial charge in [0.25, 0.3) is 0 Å². The Morgan fingerprint density at radius 1 is 1.57 bits per heavy atom. The SMILES string of the molecule is CC(Nc1cnn(C)c1)c1ccn[nH]1. The molecule has 0 saturated heterocycles. The summed E-state index contributed by atoms with van der Waals surface area (Å²) < 4.78 is 1.77. The fourth-order valence-electron chi connectivity index (χ4n) is 1.33. The number of nitrogens with one attached hydrogen (secondary N) is 2. The number of aromatic amines is 1. The van der Waals surface area contributed by atoms with Gasteiger partial charge in [-0.15, -0.1) is 0 Å². The Labute approximate surface area is 82.1 Å². The first-order valence-corrected chi connectivity index (χ1v) is 4.50. The van der Waals surface area contributed by atoms with Gasteiger partial charge < -0.3 is 5.32 Å². The smallest absolute Gasteiger partial charge is 0.0731 e. The monoisotopic (exact) mass is 191 g/mol. The molecule has 0 aliphatic carbocycles. The van der Waals surface area contributed by atoms with E-state index in [1.807, 2.05) is 19.3 Å². The first-order chi connectivity index (χ1) is 6.75. The molecule has 0 fully saturated rings. The molecule has 0 aliphatic rings. The first-order valence-electron chi connectivity index (χ1n) is 4.50. The topological polar surface area (TPSA) is 58.5 Å². The van der Waals surface area contributed by atoms with Gasteiger partial charge in [0.15, 0.2) is 0 Å². The molecule has 2 heterocycles. The molecule has 5 nitrogen and oxygen atoms in total. The molecule has 0 amide bonds. The Morgan fingerprint density at radius 3 is 3.00 bits per heavy atom. The predicted molar refractivity (Wildman–Crippen MR) is 53.8 cm³/mol. The van der Waals surface area contributed by atoms with Crippen molar-refractivity contribution in [2.75, 3.05) is 5.32 Å². The maximum absolute atomic E-state index is 4.08. The molecule has 74 valence electrons. The number of nitrogens with zero attached hydrogens (tertiary/aromatic N) is 3. The summed E-state index contributed by atoms with van der Waals surface area (Å²) in [5, 5.41) is 14.2. The lowest BCUT2D eigenvalue weighted by atomic mass is 10.2. The third-order valence-corrected chi connectivity index (χ3v) is 2.08. The molecule has 2 aromatic heterocycles. The van der Waals surface area contributed by atoms with Crippen LogP contribution in [0.2, 0.25) is 0 Å². The molecule has 1 unspecified atom stereocenters. The number of hydrogen-bond donors (Lipinski definition) is 2. The fraction of sp³-hybridized carbons (Fsp3) is 0.333. The summed E-state index contributed by atoms with van der Waals surface area (Å²) in [5.74, 6) is 0. The van der Waals surface area contributed by atoms with Crippen LogP contribution in [0.3, 0.4) is 0 Å². The summed E-state index contributed by atoms with van der Waals surface area (Å²) in [6.07, 6.45) is 5.48. The van der Waals surface area contributed by atoms with E-state index >= 15 is 0 Å². The van der Waals surface area contributed by atoms with E-state index in [2.05, 4.69) is 27.5 Å². The Bertz CT molecular complexity index is 389. The van der Waals surface area contributed by atoms with Gasteiger partial charge in [-0.05, 0) is 13.0 Å². The van der Waals surface area contributed by atoms with E-state index in [0.717, 1.165) is 11.4 Å². The Kier molecular flexibility index (Phi) is 2.22. The van der Waals surface area contributed by atoms with E-state index in [-0.39, 0.29) is 6.04 Å². The van der Waals surface area contributed by atoms with Crippen molar-refractivity contribution in [2.24, 2.45) is 7.05 Å². The van der Waals surface area contributed by atoms with E-state index in [0.29, 0.717) is 0 Å². The second-order valence-corrected chi connectivity index (χ2v) is 3.28. The minimum Gasteiger partial charge on any atom is -0.374 e. The third kappa shape index (κ3) is 1.76. The van der Waals surface area contributed by atoms with Crippen molar-refractivity contribution in [1.29, 1.82) is 0 Å². The number of rotatable bonds is 3. The summed E-state index contributed by atoms with van der Waals surface area (Å²) in [6, 6.07) is 2.16. The van der Waals surface area contributed by atoms with Gasteiger partial charge in [-0.25, -0.2) is 0 Å². The van der Waals surface area contributed by atoms with Crippen LogP contribution in [0, 0.1) is 0 Å². The van der Waals surface area contributed by atoms with Crippen LogP contribution in [-0.4, -0.2) is 20.0 Å². The van der Waals surface area contributed by atoms with Crippen LogP contribution >= 0.6 is 0 Å². The molecule has 0 aromatic carbocycles. The Morgan fingerprint density at radius 2 is 2.43 bits per heavy atom. The normalized spacial score (nSPS) is 12.7. The van der Waals surface area contributed by atoms with Gasteiger partial charge in [0, 0.05) is 19.4 Å². The Hall–Kier alpha value is -1.78. The molecule has 0 spiro atoms. The van der Waals surface area contributed by atoms with E-state index in [4.69, 9.17) is 0 Å². The van der Waals surface area contributed by atoms with Crippen molar-refractivity contribution in [2.45, 2.75) is 13.0 Å². The lowest BCUT2D eigenvalue weighted by Gasteiger charge is -2.10. The van der Waals surface area contributed by atoms with E-state index < -0.39 is 0 Å². The quantitative estimate of drug-likeness (QED) is 0.769. The number of aromatic nitrogens is 4. The zero-order valence-electron chi connectivity index (χ0n) is 8.23. The molecule has 2 N–H and O–H groups in total. The molecule has 2 aromatic rings. The highest BCUT2D eigenvalue weighted by Crippen LogP contribution is 2.15. The van der Waals surface area contributed by atoms with E-state index in [1.165, 1.54) is 0 Å². The van der Waals surface area contributed by atoms with Crippen molar-refractivity contribution in [1.82, 2.24) is 20.0 Å². The molecule has 0 saturated carbocycles. The van der Waals surface area contributed by atoms with Gasteiger partial charge in [0.2, 0.25) is 0 Å². The second-order valence-electron chi connectivity index (χ2n) is 3.28. The average Bonchev–Trinajstić information content (AvgIpc) is 2.75. The van der Waals surface area contributed by atoms with Crippen molar-refractivity contribution < 1.29 is 0 Å². The second kappa shape index (κ2) is 3.53. The maximum atomic E-state index is 4.08. The minimum absolute atomic E-state index is 0.210. The minimum atomic E-state index is 0.210. The van der Waals surface area contributed by atoms with Crippen LogP contribution in [0.1, 0.15) is 18.7 Å². The van der Waals surface area contributed by atoms with Gasteiger partial charge in [-0.1, -0.05) is 0 Å². The third-order valence-electron chi connectivity index (χ3n) is 2.08. The summed E-state index contributed by atoms with van der Waals surface area (Å²) in [6.45, 7) is 2.07. The number of anilines is 1. The molecule has 0 aliphatic heterocycles. The average molecular weight is 191 g/mol. The lowest BCUT2D eigenvalue weighted by molar-refractivity contribution is 0.767. The Balaban J connectivity index is 2.05. The van der Waals surface area contributed by atoms with Gasteiger partial charge >= 0.3 is 0 Å². The zero-order valence-corrected chi connectivity index (χ0v) is 8.23.